The lowest BCUT2D eigenvalue weighted by atomic mass is 10.1. The Balaban J connectivity index is 1.89. The second-order valence-corrected chi connectivity index (χ2v) is 4.00. The normalized spacial score (nSPS) is 11.3. The van der Waals surface area contributed by atoms with Crippen molar-refractivity contribution in [2.24, 2.45) is 10.9 Å². The molecule has 104 valence electrons. The summed E-state index contributed by atoms with van der Waals surface area (Å²) in [4.78, 5) is 15.8. The van der Waals surface area contributed by atoms with Crippen LogP contribution in [0, 0.1) is 0 Å². The number of benzene rings is 1. The average molecular weight is 274 g/mol. The van der Waals surface area contributed by atoms with Gasteiger partial charge in [0.1, 0.15) is 12.2 Å². The highest BCUT2D eigenvalue weighted by molar-refractivity contribution is 5.99. The summed E-state index contributed by atoms with van der Waals surface area (Å²) in [5, 5.41) is 20.6. The van der Waals surface area contributed by atoms with E-state index in [1.54, 1.807) is 24.3 Å². The summed E-state index contributed by atoms with van der Waals surface area (Å²) in [5.41, 5.74) is 6.48. The number of hydrogen-bond acceptors (Lipinski definition) is 5. The second kappa shape index (κ2) is 6.32. The van der Waals surface area contributed by atoms with Gasteiger partial charge in [0, 0.05) is 24.1 Å². The maximum absolute atomic E-state index is 11.9. The van der Waals surface area contributed by atoms with E-state index in [2.05, 4.69) is 25.7 Å². The first-order valence-corrected chi connectivity index (χ1v) is 5.91. The van der Waals surface area contributed by atoms with Gasteiger partial charge in [-0.1, -0.05) is 17.3 Å². The van der Waals surface area contributed by atoms with Crippen molar-refractivity contribution >= 4 is 11.7 Å². The number of aromatic nitrogens is 3. The molecule has 0 aliphatic carbocycles. The van der Waals surface area contributed by atoms with E-state index in [0.29, 0.717) is 29.9 Å². The monoisotopic (exact) mass is 274 g/mol. The molecule has 20 heavy (non-hydrogen) atoms. The zero-order valence-electron chi connectivity index (χ0n) is 10.6. The van der Waals surface area contributed by atoms with Gasteiger partial charge in [0.2, 0.25) is 0 Å². The molecule has 2 aromatic rings. The average Bonchev–Trinajstić information content (AvgIpc) is 2.99. The molecule has 0 fully saturated rings. The zero-order valence-corrected chi connectivity index (χ0v) is 10.6. The molecule has 0 spiro atoms. The molecular formula is C12H14N6O2. The number of rotatable bonds is 5. The van der Waals surface area contributed by atoms with Crippen LogP contribution in [0.1, 0.15) is 21.7 Å². The summed E-state index contributed by atoms with van der Waals surface area (Å²) < 4.78 is 0. The topological polar surface area (TPSA) is 129 Å². The zero-order chi connectivity index (χ0) is 14.4. The lowest BCUT2D eigenvalue weighted by Crippen LogP contribution is -2.26. The molecule has 0 aliphatic rings. The van der Waals surface area contributed by atoms with Gasteiger partial charge in [0.15, 0.2) is 5.84 Å². The van der Waals surface area contributed by atoms with Crippen LogP contribution in [0.5, 0.6) is 0 Å². The SMILES string of the molecule is NC(=NO)c1ccc(C(=O)NCCc2ncn[nH]2)cc1. The highest BCUT2D eigenvalue weighted by Crippen LogP contribution is 2.04. The van der Waals surface area contributed by atoms with Crippen LogP contribution in [0.4, 0.5) is 0 Å². The Morgan fingerprint density at radius 2 is 2.05 bits per heavy atom. The summed E-state index contributed by atoms with van der Waals surface area (Å²) in [6.45, 7) is 0.454. The minimum Gasteiger partial charge on any atom is -0.409 e. The number of amidine groups is 1. The van der Waals surface area contributed by atoms with Crippen molar-refractivity contribution in [2.45, 2.75) is 6.42 Å². The second-order valence-electron chi connectivity index (χ2n) is 4.00. The van der Waals surface area contributed by atoms with Crippen molar-refractivity contribution < 1.29 is 10.0 Å². The molecule has 0 radical (unpaired) electrons. The van der Waals surface area contributed by atoms with Crippen LogP contribution in [0.25, 0.3) is 0 Å². The molecule has 2 rings (SSSR count). The minimum atomic E-state index is -0.199. The number of carbonyl (C=O) groups excluding carboxylic acids is 1. The molecule has 1 aromatic carbocycles. The summed E-state index contributed by atoms with van der Waals surface area (Å²) in [5.74, 6) is 0.519. The standard InChI is InChI=1S/C12H14N6O2/c13-11(18-20)8-1-3-9(4-2-8)12(19)14-6-5-10-15-7-16-17-10/h1-4,7,20H,5-6H2,(H2,13,18)(H,14,19)(H,15,16,17). The van der Waals surface area contributed by atoms with Gasteiger partial charge in [0.05, 0.1) is 0 Å². The molecule has 0 aliphatic heterocycles. The Morgan fingerprint density at radius 3 is 2.65 bits per heavy atom. The van der Waals surface area contributed by atoms with Gasteiger partial charge in [0.25, 0.3) is 5.91 Å². The van der Waals surface area contributed by atoms with E-state index in [-0.39, 0.29) is 11.7 Å². The first-order valence-electron chi connectivity index (χ1n) is 5.91. The maximum Gasteiger partial charge on any atom is 0.251 e. The van der Waals surface area contributed by atoms with E-state index in [9.17, 15) is 4.79 Å². The number of nitrogens with two attached hydrogens (primary N) is 1. The first-order chi connectivity index (χ1) is 9.70. The van der Waals surface area contributed by atoms with Gasteiger partial charge in [-0.05, 0) is 12.1 Å². The summed E-state index contributed by atoms with van der Waals surface area (Å²) in [6.07, 6.45) is 2.00. The van der Waals surface area contributed by atoms with Crippen LogP contribution in [0.15, 0.2) is 35.7 Å². The quantitative estimate of drug-likeness (QED) is 0.261. The van der Waals surface area contributed by atoms with E-state index >= 15 is 0 Å². The van der Waals surface area contributed by atoms with Crippen LogP contribution >= 0.6 is 0 Å². The van der Waals surface area contributed by atoms with Crippen molar-refractivity contribution in [1.29, 1.82) is 0 Å². The van der Waals surface area contributed by atoms with E-state index in [1.807, 2.05) is 0 Å². The van der Waals surface area contributed by atoms with Crippen LogP contribution < -0.4 is 11.1 Å². The fraction of sp³-hybridized carbons (Fsp3) is 0.167. The van der Waals surface area contributed by atoms with Crippen molar-refractivity contribution in [3.63, 3.8) is 0 Å². The molecule has 8 nitrogen and oxygen atoms in total. The molecule has 8 heteroatoms. The lowest BCUT2D eigenvalue weighted by Gasteiger charge is -2.05. The Labute approximate surface area is 114 Å². The molecule has 0 atom stereocenters. The Hall–Kier alpha value is -2.90. The molecule has 0 unspecified atom stereocenters. The van der Waals surface area contributed by atoms with E-state index in [4.69, 9.17) is 10.9 Å². The maximum atomic E-state index is 11.9. The van der Waals surface area contributed by atoms with Gasteiger partial charge >= 0.3 is 0 Å². The number of amides is 1. The number of aromatic amines is 1. The van der Waals surface area contributed by atoms with Crippen molar-refractivity contribution in [3.05, 3.63) is 47.5 Å². The minimum absolute atomic E-state index is 0.00211. The van der Waals surface area contributed by atoms with Crippen molar-refractivity contribution in [2.75, 3.05) is 6.54 Å². The van der Waals surface area contributed by atoms with E-state index in [0.717, 1.165) is 0 Å². The van der Waals surface area contributed by atoms with Crippen LogP contribution in [0.2, 0.25) is 0 Å². The van der Waals surface area contributed by atoms with Gasteiger partial charge < -0.3 is 16.3 Å². The van der Waals surface area contributed by atoms with Crippen LogP contribution in [0.3, 0.4) is 0 Å². The lowest BCUT2D eigenvalue weighted by molar-refractivity contribution is 0.0954. The van der Waals surface area contributed by atoms with Crippen LogP contribution in [-0.4, -0.2) is 38.7 Å². The number of hydrogen-bond donors (Lipinski definition) is 4. The predicted molar refractivity (Wildman–Crippen MR) is 71.4 cm³/mol. The molecule has 5 N–H and O–H groups in total. The Bertz CT molecular complexity index is 591. The molecule has 0 saturated heterocycles. The molecule has 1 amide bonds. The van der Waals surface area contributed by atoms with Crippen molar-refractivity contribution in [1.82, 2.24) is 20.5 Å². The smallest absolute Gasteiger partial charge is 0.251 e. The predicted octanol–water partition coefficient (Wildman–Crippen LogP) is -0.128. The number of nitrogens with one attached hydrogen (secondary N) is 2. The van der Waals surface area contributed by atoms with Gasteiger partial charge in [-0.15, -0.1) is 0 Å². The molecule has 0 bridgehead atoms. The summed E-state index contributed by atoms with van der Waals surface area (Å²) in [6, 6.07) is 6.44. The molecule has 1 heterocycles. The third-order valence-electron chi connectivity index (χ3n) is 2.66. The van der Waals surface area contributed by atoms with Gasteiger partial charge in [-0.2, -0.15) is 5.10 Å². The number of oxime groups is 1. The first kappa shape index (κ1) is 13.5. The molecule has 1 aromatic heterocycles. The largest absolute Gasteiger partial charge is 0.409 e. The molecular weight excluding hydrogens is 260 g/mol. The number of H-pyrrole nitrogens is 1. The molecule has 0 saturated carbocycles. The van der Waals surface area contributed by atoms with Gasteiger partial charge in [-0.3, -0.25) is 9.89 Å². The summed E-state index contributed by atoms with van der Waals surface area (Å²) >= 11 is 0. The fourth-order valence-electron chi connectivity index (χ4n) is 1.60. The van der Waals surface area contributed by atoms with Crippen LogP contribution in [-0.2, 0) is 6.42 Å². The third kappa shape index (κ3) is 3.31. The van der Waals surface area contributed by atoms with E-state index in [1.165, 1.54) is 6.33 Å². The van der Waals surface area contributed by atoms with Crippen molar-refractivity contribution in [3.8, 4) is 0 Å². The highest BCUT2D eigenvalue weighted by atomic mass is 16.4. The van der Waals surface area contributed by atoms with E-state index < -0.39 is 0 Å². The number of carbonyl (C=O) groups is 1. The summed E-state index contributed by atoms with van der Waals surface area (Å²) in [7, 11) is 0. The fourth-order valence-corrected chi connectivity index (χ4v) is 1.60. The Morgan fingerprint density at radius 1 is 1.35 bits per heavy atom. The Kier molecular flexibility index (Phi) is 4.28. The highest BCUT2D eigenvalue weighted by Gasteiger charge is 2.06. The number of nitrogens with zero attached hydrogens (tertiary/aromatic N) is 3. The third-order valence-corrected chi connectivity index (χ3v) is 2.66. The van der Waals surface area contributed by atoms with Gasteiger partial charge in [-0.25, -0.2) is 4.98 Å².